The molecule has 3 aromatic carbocycles. The first kappa shape index (κ1) is 38.2. The summed E-state index contributed by atoms with van der Waals surface area (Å²) in [5, 5.41) is 3.11. The number of nitrogens with one attached hydrogen (secondary N) is 1. The molecule has 1 fully saturated rings. The molecule has 0 bridgehead atoms. The average molecular weight is 627 g/mol. The second-order valence-corrected chi connectivity index (χ2v) is 12.3. The minimum atomic E-state index is -0.355. The van der Waals surface area contributed by atoms with Gasteiger partial charge >= 0.3 is 0 Å². The number of carbonyl (C=O) groups excluding carboxylic acids is 2. The predicted molar refractivity (Wildman–Crippen MR) is 190 cm³/mol. The summed E-state index contributed by atoms with van der Waals surface area (Å²) < 4.78 is 10.6. The van der Waals surface area contributed by atoms with E-state index in [-0.39, 0.29) is 17.4 Å². The molecule has 1 unspecified atom stereocenters. The van der Waals surface area contributed by atoms with Crippen molar-refractivity contribution in [3.05, 3.63) is 120 Å². The number of hydrogen-bond acceptors (Lipinski definition) is 5. The van der Waals surface area contributed by atoms with Crippen molar-refractivity contribution in [3.8, 4) is 11.1 Å². The standard InChI is InChI=1S/C19H29NO2.C14H12O2.C7H13N/c1-6-15(3)17(20-18(21)19(4,5)7-2)14-22-13-16-11-9-8-10-12-16;15-11-16-10-13-8-4-5-9-14(13)12-6-2-1-3-7-12;1-7-4-3-5-8(2)6-7/h6,8-12,17H,7,13-14H2,1-5H3,(H,20,21);1-9,11H,10H2;1,3-6H2,2H3/b15-6+;;. The van der Waals surface area contributed by atoms with E-state index in [4.69, 9.17) is 9.47 Å². The molecule has 0 aliphatic carbocycles. The summed E-state index contributed by atoms with van der Waals surface area (Å²) in [6, 6.07) is 27.9. The molecule has 1 aliphatic rings. The van der Waals surface area contributed by atoms with E-state index in [1.165, 1.54) is 25.0 Å². The van der Waals surface area contributed by atoms with Gasteiger partial charge < -0.3 is 19.7 Å². The highest BCUT2D eigenvalue weighted by Crippen LogP contribution is 2.24. The molecular weight excluding hydrogens is 572 g/mol. The summed E-state index contributed by atoms with van der Waals surface area (Å²) in [6.45, 7) is 18.1. The van der Waals surface area contributed by atoms with Gasteiger partial charge in [-0.1, -0.05) is 130 Å². The molecule has 248 valence electrons. The normalized spacial score (nSPS) is 14.1. The summed E-state index contributed by atoms with van der Waals surface area (Å²) in [5.41, 5.74) is 6.54. The second kappa shape index (κ2) is 20.9. The highest BCUT2D eigenvalue weighted by atomic mass is 16.5. The van der Waals surface area contributed by atoms with Crippen LogP contribution in [-0.4, -0.2) is 50.1 Å². The minimum Gasteiger partial charge on any atom is -0.463 e. The Hall–Kier alpha value is -4.00. The van der Waals surface area contributed by atoms with Crippen LogP contribution in [0.15, 0.2) is 109 Å². The number of allylic oxidation sites excluding steroid dienone is 1. The van der Waals surface area contributed by atoms with E-state index >= 15 is 0 Å². The largest absolute Gasteiger partial charge is 0.463 e. The maximum Gasteiger partial charge on any atom is 0.293 e. The zero-order valence-corrected chi connectivity index (χ0v) is 28.8. The van der Waals surface area contributed by atoms with E-state index in [1.54, 1.807) is 0 Å². The smallest absolute Gasteiger partial charge is 0.293 e. The molecule has 1 amide bonds. The molecule has 1 saturated heterocycles. The molecule has 0 spiro atoms. The van der Waals surface area contributed by atoms with Gasteiger partial charge in [-0.05, 0) is 69.0 Å². The van der Waals surface area contributed by atoms with Crippen molar-refractivity contribution >= 4 is 12.4 Å². The third-order valence-corrected chi connectivity index (χ3v) is 8.18. The van der Waals surface area contributed by atoms with Crippen molar-refractivity contribution in [2.75, 3.05) is 26.7 Å². The van der Waals surface area contributed by atoms with E-state index in [1.807, 2.05) is 126 Å². The third kappa shape index (κ3) is 14.0. The molecule has 4 rings (SSSR count). The summed E-state index contributed by atoms with van der Waals surface area (Å²) in [5.74, 6) is 0.0736. The van der Waals surface area contributed by atoms with Gasteiger partial charge in [0.1, 0.15) is 6.61 Å². The molecule has 1 atom stereocenters. The number of amides is 1. The van der Waals surface area contributed by atoms with Crippen molar-refractivity contribution in [1.82, 2.24) is 10.2 Å². The van der Waals surface area contributed by atoms with E-state index in [0.29, 0.717) is 26.3 Å². The van der Waals surface area contributed by atoms with Crippen LogP contribution in [0.4, 0.5) is 0 Å². The van der Waals surface area contributed by atoms with Crippen LogP contribution in [0.2, 0.25) is 0 Å². The Kier molecular flexibility index (Phi) is 17.4. The number of carbonyl (C=O) groups is 2. The zero-order valence-electron chi connectivity index (χ0n) is 28.8. The molecule has 6 nitrogen and oxygen atoms in total. The fourth-order valence-electron chi connectivity index (χ4n) is 4.68. The molecule has 1 aliphatic heterocycles. The first-order chi connectivity index (χ1) is 22.1. The van der Waals surface area contributed by atoms with E-state index < -0.39 is 0 Å². The molecule has 1 N–H and O–H groups in total. The Bertz CT molecular complexity index is 1350. The van der Waals surface area contributed by atoms with Gasteiger partial charge in [-0.3, -0.25) is 9.59 Å². The average Bonchev–Trinajstić information content (AvgIpc) is 3.08. The van der Waals surface area contributed by atoms with Gasteiger partial charge in [0.05, 0.1) is 19.3 Å². The fraction of sp³-hybridized carbons (Fsp3) is 0.400. The Balaban J connectivity index is 0.000000265. The number of nitrogens with zero attached hydrogens (tertiary/aromatic N) is 1. The molecule has 1 heterocycles. The Morgan fingerprint density at radius 1 is 1.00 bits per heavy atom. The number of piperidine rings is 1. The van der Waals surface area contributed by atoms with E-state index in [9.17, 15) is 9.59 Å². The molecule has 6 heteroatoms. The molecule has 0 saturated carbocycles. The van der Waals surface area contributed by atoms with Crippen LogP contribution >= 0.6 is 0 Å². The first-order valence-electron chi connectivity index (χ1n) is 16.2. The van der Waals surface area contributed by atoms with Crippen LogP contribution in [-0.2, 0) is 32.3 Å². The summed E-state index contributed by atoms with van der Waals surface area (Å²) >= 11 is 0. The maximum absolute atomic E-state index is 12.4. The summed E-state index contributed by atoms with van der Waals surface area (Å²) in [6.07, 6.45) is 5.38. The number of benzene rings is 3. The van der Waals surface area contributed by atoms with Gasteiger partial charge in [-0.2, -0.15) is 0 Å². The van der Waals surface area contributed by atoms with Gasteiger partial charge in [0.25, 0.3) is 6.47 Å². The number of hydrogen-bond donors (Lipinski definition) is 1. The molecule has 0 radical (unpaired) electrons. The Morgan fingerprint density at radius 3 is 2.20 bits per heavy atom. The van der Waals surface area contributed by atoms with Gasteiger partial charge in [-0.25, -0.2) is 0 Å². The molecule has 0 aromatic heterocycles. The predicted octanol–water partition coefficient (Wildman–Crippen LogP) is 8.39. The van der Waals surface area contributed by atoms with Crippen molar-refractivity contribution < 1.29 is 19.1 Å². The van der Waals surface area contributed by atoms with Crippen molar-refractivity contribution in [2.24, 2.45) is 5.41 Å². The van der Waals surface area contributed by atoms with Gasteiger partial charge in [-0.15, -0.1) is 0 Å². The fourth-order valence-corrected chi connectivity index (χ4v) is 4.68. The van der Waals surface area contributed by atoms with E-state index in [0.717, 1.165) is 40.8 Å². The maximum atomic E-state index is 12.4. The van der Waals surface area contributed by atoms with E-state index in [2.05, 4.69) is 23.8 Å². The van der Waals surface area contributed by atoms with Crippen LogP contribution in [0.1, 0.15) is 65.0 Å². The monoisotopic (exact) mass is 626 g/mol. The zero-order chi connectivity index (χ0) is 33.8. The van der Waals surface area contributed by atoms with Crippen molar-refractivity contribution in [1.29, 1.82) is 0 Å². The van der Waals surface area contributed by atoms with Crippen LogP contribution in [0.3, 0.4) is 0 Å². The van der Waals surface area contributed by atoms with Crippen molar-refractivity contribution in [3.63, 3.8) is 0 Å². The SMILES string of the molecule is C/C=C(\C)C(COCc1ccccc1)NC(=O)C(C)(C)CC.C=C1CCCN(C)C1.O=COCc1ccccc1-c1ccccc1. The highest BCUT2D eigenvalue weighted by Gasteiger charge is 2.27. The quantitative estimate of drug-likeness (QED) is 0.162. The third-order valence-electron chi connectivity index (χ3n) is 8.18. The lowest BCUT2D eigenvalue weighted by Gasteiger charge is -2.27. The lowest BCUT2D eigenvalue weighted by molar-refractivity contribution is -0.131. The first-order valence-corrected chi connectivity index (χ1v) is 16.2. The Morgan fingerprint density at radius 2 is 1.63 bits per heavy atom. The van der Waals surface area contributed by atoms with Gasteiger partial charge in [0, 0.05) is 12.0 Å². The number of likely N-dealkylation sites (N-methyl/N-ethyl adjacent to an activating group) is 1. The van der Waals surface area contributed by atoms with Crippen molar-refractivity contribution in [2.45, 2.75) is 73.1 Å². The molecule has 46 heavy (non-hydrogen) atoms. The topological polar surface area (TPSA) is 67.9 Å². The number of likely N-dealkylation sites (tertiary alicyclic amines) is 1. The van der Waals surface area contributed by atoms with Crippen LogP contribution < -0.4 is 5.32 Å². The lowest BCUT2D eigenvalue weighted by atomic mass is 9.88. The van der Waals surface area contributed by atoms with Crippen LogP contribution in [0.25, 0.3) is 11.1 Å². The Labute approximate surface area is 277 Å². The lowest BCUT2D eigenvalue weighted by Crippen LogP contribution is -2.45. The molecular formula is C40H54N2O4. The summed E-state index contributed by atoms with van der Waals surface area (Å²) in [7, 11) is 2.14. The molecule has 3 aromatic rings. The summed E-state index contributed by atoms with van der Waals surface area (Å²) in [4.78, 5) is 24.9. The number of rotatable bonds is 12. The van der Waals surface area contributed by atoms with Crippen LogP contribution in [0.5, 0.6) is 0 Å². The minimum absolute atomic E-state index is 0.0736. The second-order valence-electron chi connectivity index (χ2n) is 12.3. The van der Waals surface area contributed by atoms with Crippen LogP contribution in [0, 0.1) is 5.41 Å². The number of ether oxygens (including phenoxy) is 2. The van der Waals surface area contributed by atoms with Gasteiger partial charge in [0.2, 0.25) is 5.91 Å². The highest BCUT2D eigenvalue weighted by molar-refractivity contribution is 5.82. The van der Waals surface area contributed by atoms with Gasteiger partial charge in [0.15, 0.2) is 0 Å².